The lowest BCUT2D eigenvalue weighted by atomic mass is 10.1. The van der Waals surface area contributed by atoms with Crippen molar-refractivity contribution in [3.63, 3.8) is 0 Å². The monoisotopic (exact) mass is 442 g/mol. The van der Waals surface area contributed by atoms with E-state index in [1.807, 2.05) is 67.6 Å². The number of benzene rings is 3. The van der Waals surface area contributed by atoms with Crippen molar-refractivity contribution in [1.29, 1.82) is 0 Å². The van der Waals surface area contributed by atoms with Crippen LogP contribution in [-0.4, -0.2) is 22.6 Å². The molecule has 33 heavy (non-hydrogen) atoms. The number of anilines is 1. The minimum Gasteiger partial charge on any atom is -0.465 e. The number of methoxy groups -OCH3 is 1. The van der Waals surface area contributed by atoms with Gasteiger partial charge in [-0.15, -0.1) is 0 Å². The van der Waals surface area contributed by atoms with E-state index in [2.05, 4.69) is 5.32 Å². The summed E-state index contributed by atoms with van der Waals surface area (Å²) in [6.07, 6.45) is 0.657. The highest BCUT2D eigenvalue weighted by Crippen LogP contribution is 2.24. The number of hydrogen-bond donors (Lipinski definition) is 2. The normalized spacial score (nSPS) is 11.8. The van der Waals surface area contributed by atoms with Gasteiger partial charge in [-0.3, -0.25) is 9.36 Å². The highest BCUT2D eigenvalue weighted by atomic mass is 16.5. The van der Waals surface area contributed by atoms with E-state index >= 15 is 0 Å². The Morgan fingerprint density at radius 2 is 1.79 bits per heavy atom. The van der Waals surface area contributed by atoms with E-state index in [9.17, 15) is 9.59 Å². The molecule has 0 aliphatic heterocycles. The van der Waals surface area contributed by atoms with Gasteiger partial charge in [0.2, 0.25) is 0 Å². The van der Waals surface area contributed by atoms with Crippen LogP contribution in [0.2, 0.25) is 0 Å². The number of nitrogens with two attached hydrogens (primary N) is 1. The van der Waals surface area contributed by atoms with Crippen molar-refractivity contribution < 1.29 is 9.53 Å². The number of nitrogens with zero attached hydrogens (tertiary/aromatic N) is 2. The van der Waals surface area contributed by atoms with E-state index in [1.165, 1.54) is 7.11 Å². The summed E-state index contributed by atoms with van der Waals surface area (Å²) in [5.74, 6) is 0.161. The second-order valence-electron chi connectivity index (χ2n) is 7.70. The third-order valence-electron chi connectivity index (χ3n) is 5.57. The number of para-hydroxylation sites is 1. The quantitative estimate of drug-likeness (QED) is 0.416. The number of ether oxygens (including phenoxy) is 1. The Kier molecular flexibility index (Phi) is 6.51. The standard InChI is InChI=1S/C26H26N4O3/c1-3-20(27)24-29-22-11-7-10-21(23(22)25(31)30(24)19-8-5-4-6-9-19)28-16-17-12-14-18(15-13-17)26(32)33-2/h4-15,20,28H,3,16,27H2,1-2H3/t20-/m0/s1. The number of aromatic nitrogens is 2. The van der Waals surface area contributed by atoms with Crippen LogP contribution in [0.1, 0.15) is 41.1 Å². The minimum absolute atomic E-state index is 0.172. The molecular weight excluding hydrogens is 416 g/mol. The molecule has 168 valence electrons. The fourth-order valence-corrected chi connectivity index (χ4v) is 3.73. The van der Waals surface area contributed by atoms with Gasteiger partial charge in [-0.25, -0.2) is 9.78 Å². The number of nitrogens with one attached hydrogen (secondary N) is 1. The van der Waals surface area contributed by atoms with Gasteiger partial charge in [0, 0.05) is 12.2 Å². The van der Waals surface area contributed by atoms with Crippen molar-refractivity contribution in [2.24, 2.45) is 5.73 Å². The molecule has 1 aromatic heterocycles. The van der Waals surface area contributed by atoms with Crippen LogP contribution in [-0.2, 0) is 11.3 Å². The Bertz CT molecular complexity index is 1330. The molecule has 0 spiro atoms. The van der Waals surface area contributed by atoms with E-state index in [1.54, 1.807) is 16.7 Å². The lowest BCUT2D eigenvalue weighted by molar-refractivity contribution is 0.0600. The molecule has 7 heteroatoms. The molecule has 0 bridgehead atoms. The van der Waals surface area contributed by atoms with Crippen LogP contribution in [0.3, 0.4) is 0 Å². The van der Waals surface area contributed by atoms with Crippen molar-refractivity contribution in [2.75, 3.05) is 12.4 Å². The summed E-state index contributed by atoms with van der Waals surface area (Å²) >= 11 is 0. The summed E-state index contributed by atoms with van der Waals surface area (Å²) in [4.78, 5) is 30.2. The maximum absolute atomic E-state index is 13.7. The molecule has 0 amide bonds. The summed E-state index contributed by atoms with van der Waals surface area (Å²) < 4.78 is 6.35. The third kappa shape index (κ3) is 4.49. The molecule has 3 aromatic carbocycles. The van der Waals surface area contributed by atoms with Gasteiger partial charge in [-0.1, -0.05) is 43.3 Å². The van der Waals surface area contributed by atoms with E-state index in [0.29, 0.717) is 40.9 Å². The smallest absolute Gasteiger partial charge is 0.337 e. The number of carbonyl (C=O) groups excluding carboxylic acids is 1. The van der Waals surface area contributed by atoms with Gasteiger partial charge < -0.3 is 15.8 Å². The molecule has 3 N–H and O–H groups in total. The SMILES string of the molecule is CC[C@H](N)c1nc2cccc(NCc3ccc(C(=O)OC)cc3)c2c(=O)n1-c1ccccc1. The van der Waals surface area contributed by atoms with Gasteiger partial charge >= 0.3 is 5.97 Å². The largest absolute Gasteiger partial charge is 0.465 e. The predicted molar refractivity (Wildman–Crippen MR) is 130 cm³/mol. The summed E-state index contributed by atoms with van der Waals surface area (Å²) in [5.41, 5.74) is 9.62. The first-order chi connectivity index (χ1) is 16.0. The van der Waals surface area contributed by atoms with E-state index < -0.39 is 0 Å². The minimum atomic E-state index is -0.378. The highest BCUT2D eigenvalue weighted by molar-refractivity contribution is 5.91. The molecule has 0 saturated carbocycles. The molecule has 4 rings (SSSR count). The zero-order chi connectivity index (χ0) is 23.4. The topological polar surface area (TPSA) is 99.2 Å². The number of rotatable bonds is 7. The van der Waals surface area contributed by atoms with Crippen molar-refractivity contribution >= 4 is 22.6 Å². The molecule has 0 aliphatic carbocycles. The Labute approximate surface area is 191 Å². The molecule has 1 atom stereocenters. The second kappa shape index (κ2) is 9.67. The van der Waals surface area contributed by atoms with E-state index in [0.717, 1.165) is 11.3 Å². The predicted octanol–water partition coefficient (Wildman–Crippen LogP) is 4.19. The summed E-state index contributed by atoms with van der Waals surface area (Å²) in [6, 6.07) is 21.7. The zero-order valence-corrected chi connectivity index (χ0v) is 18.6. The maximum Gasteiger partial charge on any atom is 0.337 e. The second-order valence-corrected chi connectivity index (χ2v) is 7.70. The van der Waals surface area contributed by atoms with Crippen molar-refractivity contribution in [3.8, 4) is 5.69 Å². The number of esters is 1. The molecular formula is C26H26N4O3. The summed E-state index contributed by atoms with van der Waals surface area (Å²) in [5, 5.41) is 3.85. The van der Waals surface area contributed by atoms with Crippen LogP contribution in [0.4, 0.5) is 5.69 Å². The van der Waals surface area contributed by atoms with Gasteiger partial charge in [-0.2, -0.15) is 0 Å². The average Bonchev–Trinajstić information content (AvgIpc) is 2.87. The molecule has 0 aliphatic rings. The molecule has 0 radical (unpaired) electrons. The van der Waals surface area contributed by atoms with Crippen LogP contribution in [0.5, 0.6) is 0 Å². The number of hydrogen-bond acceptors (Lipinski definition) is 6. The van der Waals surface area contributed by atoms with Gasteiger partial charge in [-0.05, 0) is 48.4 Å². The summed E-state index contributed by atoms with van der Waals surface area (Å²) in [7, 11) is 1.35. The zero-order valence-electron chi connectivity index (χ0n) is 18.6. The van der Waals surface area contributed by atoms with Crippen LogP contribution in [0.25, 0.3) is 16.6 Å². The van der Waals surface area contributed by atoms with Crippen LogP contribution >= 0.6 is 0 Å². The molecule has 1 heterocycles. The van der Waals surface area contributed by atoms with Gasteiger partial charge in [0.05, 0.1) is 35.3 Å². The molecule has 7 nitrogen and oxygen atoms in total. The maximum atomic E-state index is 13.7. The summed E-state index contributed by atoms with van der Waals surface area (Å²) in [6.45, 7) is 2.45. The lowest BCUT2D eigenvalue weighted by Gasteiger charge is -2.19. The Morgan fingerprint density at radius 1 is 1.06 bits per heavy atom. The first-order valence-electron chi connectivity index (χ1n) is 10.8. The Morgan fingerprint density at radius 3 is 2.45 bits per heavy atom. The lowest BCUT2D eigenvalue weighted by Crippen LogP contribution is -2.28. The fourth-order valence-electron chi connectivity index (χ4n) is 3.73. The Balaban J connectivity index is 1.76. The van der Waals surface area contributed by atoms with Gasteiger partial charge in [0.25, 0.3) is 5.56 Å². The van der Waals surface area contributed by atoms with Crippen molar-refractivity contribution in [3.05, 3.63) is 100 Å². The van der Waals surface area contributed by atoms with Crippen LogP contribution < -0.4 is 16.6 Å². The molecule has 0 fully saturated rings. The molecule has 0 saturated heterocycles. The number of carbonyl (C=O) groups is 1. The fraction of sp³-hybridized carbons (Fsp3) is 0.192. The molecule has 0 unspecified atom stereocenters. The third-order valence-corrected chi connectivity index (χ3v) is 5.57. The first-order valence-corrected chi connectivity index (χ1v) is 10.8. The average molecular weight is 443 g/mol. The van der Waals surface area contributed by atoms with Gasteiger partial charge in [0.1, 0.15) is 5.82 Å². The van der Waals surface area contributed by atoms with E-state index in [-0.39, 0.29) is 17.6 Å². The Hall–Kier alpha value is -3.97. The van der Waals surface area contributed by atoms with Crippen molar-refractivity contribution in [2.45, 2.75) is 25.9 Å². The van der Waals surface area contributed by atoms with Crippen LogP contribution in [0.15, 0.2) is 77.6 Å². The highest BCUT2D eigenvalue weighted by Gasteiger charge is 2.19. The van der Waals surface area contributed by atoms with E-state index in [4.69, 9.17) is 15.5 Å². The van der Waals surface area contributed by atoms with Crippen molar-refractivity contribution in [1.82, 2.24) is 9.55 Å². The molecule has 4 aromatic rings. The van der Waals surface area contributed by atoms with Crippen LogP contribution in [0, 0.1) is 0 Å². The van der Waals surface area contributed by atoms with Gasteiger partial charge in [0.15, 0.2) is 0 Å². The number of fused-ring (bicyclic) bond motifs is 1. The first kappa shape index (κ1) is 22.2.